The molecule has 0 aliphatic carbocycles. The van der Waals surface area contributed by atoms with Gasteiger partial charge in [-0.25, -0.2) is 4.99 Å². The van der Waals surface area contributed by atoms with E-state index < -0.39 is 35.7 Å². The van der Waals surface area contributed by atoms with Crippen LogP contribution < -0.4 is 5.32 Å². The van der Waals surface area contributed by atoms with E-state index in [0.29, 0.717) is 6.08 Å². The maximum atomic E-state index is 12.8. The molecule has 3 rings (SSSR count). The summed E-state index contributed by atoms with van der Waals surface area (Å²) >= 11 is 0. The number of nitrogens with zero attached hydrogens (tertiary/aromatic N) is 1. The zero-order chi connectivity index (χ0) is 21.9. The van der Waals surface area contributed by atoms with Crippen LogP contribution >= 0.6 is 0 Å². The molecular formula is C23H21F3N2O2. The minimum Gasteiger partial charge on any atom is -0.344 e. The van der Waals surface area contributed by atoms with Crippen LogP contribution in [-0.2, 0) is 16.0 Å². The first-order chi connectivity index (χ1) is 14.2. The maximum absolute atomic E-state index is 12.8. The van der Waals surface area contributed by atoms with E-state index in [1.807, 2.05) is 62.4 Å². The SMILES string of the molecule is CCc1cccc(C(NC(=O)C2C=CC(C(F)(F)F)=NC2=O)c2ccc(C)cc2)c1. The Labute approximate surface area is 172 Å². The highest BCUT2D eigenvalue weighted by Gasteiger charge is 2.39. The molecule has 30 heavy (non-hydrogen) atoms. The lowest BCUT2D eigenvalue weighted by molar-refractivity contribution is -0.132. The highest BCUT2D eigenvalue weighted by molar-refractivity contribution is 6.14. The molecule has 1 aliphatic heterocycles. The van der Waals surface area contributed by atoms with Gasteiger partial charge in [0.25, 0.3) is 5.91 Å². The highest BCUT2D eigenvalue weighted by atomic mass is 19.4. The van der Waals surface area contributed by atoms with Gasteiger partial charge in [-0.2, -0.15) is 13.2 Å². The maximum Gasteiger partial charge on any atom is 0.433 e. The van der Waals surface area contributed by atoms with Crippen LogP contribution in [0.25, 0.3) is 0 Å². The molecular weight excluding hydrogens is 393 g/mol. The van der Waals surface area contributed by atoms with Gasteiger partial charge < -0.3 is 5.32 Å². The van der Waals surface area contributed by atoms with Gasteiger partial charge in [-0.15, -0.1) is 0 Å². The minimum absolute atomic E-state index is 0.557. The van der Waals surface area contributed by atoms with Crippen LogP contribution in [0.2, 0.25) is 0 Å². The van der Waals surface area contributed by atoms with Crippen molar-refractivity contribution in [3.63, 3.8) is 0 Å². The number of hydrogen-bond donors (Lipinski definition) is 1. The van der Waals surface area contributed by atoms with Gasteiger partial charge in [0, 0.05) is 0 Å². The third kappa shape index (κ3) is 4.84. The molecule has 0 bridgehead atoms. The van der Waals surface area contributed by atoms with Gasteiger partial charge in [0.05, 0.1) is 6.04 Å². The molecule has 2 unspecified atom stereocenters. The number of hydrogen-bond acceptors (Lipinski definition) is 2. The quantitative estimate of drug-likeness (QED) is 0.734. The summed E-state index contributed by atoms with van der Waals surface area (Å²) in [7, 11) is 0. The van der Waals surface area contributed by atoms with Crippen LogP contribution in [0.5, 0.6) is 0 Å². The number of allylic oxidation sites excluding steroid dienone is 1. The summed E-state index contributed by atoms with van der Waals surface area (Å²) in [4.78, 5) is 28.0. The average Bonchev–Trinajstić information content (AvgIpc) is 2.72. The van der Waals surface area contributed by atoms with Gasteiger partial charge in [-0.05, 0) is 36.1 Å². The second-order valence-corrected chi connectivity index (χ2v) is 7.12. The normalized spacial score (nSPS) is 17.4. The van der Waals surface area contributed by atoms with E-state index in [1.165, 1.54) is 0 Å². The predicted molar refractivity (Wildman–Crippen MR) is 108 cm³/mol. The Balaban J connectivity index is 1.89. The van der Waals surface area contributed by atoms with E-state index in [9.17, 15) is 22.8 Å². The standard InChI is InChI=1S/C23H21F3N2O2/c1-3-15-5-4-6-17(13-15)20(16-9-7-14(2)8-10-16)28-22(30)18-11-12-19(23(24,25)26)27-21(18)29/h4-13,18,20H,3H2,1-2H3,(H,28,30). The fourth-order valence-electron chi connectivity index (χ4n) is 3.20. The fraction of sp³-hybridized carbons (Fsp3) is 0.261. The van der Waals surface area contributed by atoms with Gasteiger partial charge in [0.2, 0.25) is 5.91 Å². The first kappa shape index (κ1) is 21.5. The molecule has 0 saturated carbocycles. The number of aliphatic imine (C=N–C) groups is 1. The summed E-state index contributed by atoms with van der Waals surface area (Å²) in [5, 5.41) is 2.81. The van der Waals surface area contributed by atoms with Crippen molar-refractivity contribution in [2.45, 2.75) is 32.5 Å². The summed E-state index contributed by atoms with van der Waals surface area (Å²) in [6.45, 7) is 3.96. The molecule has 1 aliphatic rings. The second-order valence-electron chi connectivity index (χ2n) is 7.12. The second kappa shape index (κ2) is 8.65. The summed E-state index contributed by atoms with van der Waals surface area (Å²) < 4.78 is 38.3. The molecule has 0 aromatic heterocycles. The number of amides is 2. The van der Waals surface area contributed by atoms with Gasteiger partial charge in [-0.3, -0.25) is 9.59 Å². The summed E-state index contributed by atoms with van der Waals surface area (Å²) in [5.74, 6) is -3.24. The van der Waals surface area contributed by atoms with Gasteiger partial charge in [0.1, 0.15) is 11.6 Å². The predicted octanol–water partition coefficient (Wildman–Crippen LogP) is 4.48. The zero-order valence-electron chi connectivity index (χ0n) is 16.5. The Morgan fingerprint density at radius 2 is 1.83 bits per heavy atom. The van der Waals surface area contributed by atoms with Crippen molar-refractivity contribution in [2.24, 2.45) is 10.9 Å². The number of aryl methyl sites for hydroxylation is 2. The molecule has 4 nitrogen and oxygen atoms in total. The third-order valence-electron chi connectivity index (χ3n) is 4.91. The number of halogens is 3. The van der Waals surface area contributed by atoms with Gasteiger partial charge in [0.15, 0.2) is 0 Å². The molecule has 0 fully saturated rings. The van der Waals surface area contributed by atoms with Crippen LogP contribution in [0.15, 0.2) is 65.7 Å². The minimum atomic E-state index is -4.74. The lowest BCUT2D eigenvalue weighted by Gasteiger charge is -2.23. The van der Waals surface area contributed by atoms with E-state index in [1.54, 1.807) is 0 Å². The fourth-order valence-corrected chi connectivity index (χ4v) is 3.20. The first-order valence-corrected chi connectivity index (χ1v) is 9.52. The van der Waals surface area contributed by atoms with Gasteiger partial charge in [-0.1, -0.05) is 67.1 Å². The summed E-state index contributed by atoms with van der Waals surface area (Å²) in [5.41, 5.74) is 2.44. The molecule has 156 valence electrons. The number of rotatable bonds is 5. The summed E-state index contributed by atoms with van der Waals surface area (Å²) in [6, 6.07) is 14.7. The van der Waals surface area contributed by atoms with Crippen LogP contribution in [0.3, 0.4) is 0 Å². The van der Waals surface area contributed by atoms with Crippen molar-refractivity contribution in [2.75, 3.05) is 0 Å². The molecule has 1 N–H and O–H groups in total. The topological polar surface area (TPSA) is 58.5 Å². The monoisotopic (exact) mass is 414 g/mol. The van der Waals surface area contributed by atoms with Crippen molar-refractivity contribution in [1.82, 2.24) is 5.32 Å². The van der Waals surface area contributed by atoms with E-state index >= 15 is 0 Å². The number of carbonyl (C=O) groups is 2. The summed E-state index contributed by atoms with van der Waals surface area (Å²) in [6.07, 6.45) is -2.31. The van der Waals surface area contributed by atoms with Crippen molar-refractivity contribution in [3.8, 4) is 0 Å². The molecule has 0 saturated heterocycles. The number of dihydropyridines is 1. The number of carbonyl (C=O) groups excluding carboxylic acids is 2. The van der Waals surface area contributed by atoms with E-state index in [0.717, 1.165) is 34.8 Å². The molecule has 0 radical (unpaired) electrons. The molecule has 2 atom stereocenters. The smallest absolute Gasteiger partial charge is 0.344 e. The van der Waals surface area contributed by atoms with Crippen LogP contribution in [0.1, 0.15) is 35.2 Å². The van der Waals surface area contributed by atoms with Crippen molar-refractivity contribution >= 4 is 17.5 Å². The first-order valence-electron chi connectivity index (χ1n) is 9.52. The number of nitrogens with one attached hydrogen (secondary N) is 1. The molecule has 0 spiro atoms. The van der Waals surface area contributed by atoms with E-state index in [2.05, 4.69) is 10.3 Å². The molecule has 2 aromatic rings. The lowest BCUT2D eigenvalue weighted by atomic mass is 9.94. The Morgan fingerprint density at radius 1 is 1.13 bits per heavy atom. The Bertz CT molecular complexity index is 1010. The molecule has 7 heteroatoms. The largest absolute Gasteiger partial charge is 0.433 e. The van der Waals surface area contributed by atoms with Crippen molar-refractivity contribution < 1.29 is 22.8 Å². The Kier molecular flexibility index (Phi) is 6.20. The van der Waals surface area contributed by atoms with Gasteiger partial charge >= 0.3 is 6.18 Å². The van der Waals surface area contributed by atoms with Crippen LogP contribution in [0.4, 0.5) is 13.2 Å². The average molecular weight is 414 g/mol. The molecule has 1 heterocycles. The van der Waals surface area contributed by atoms with E-state index in [-0.39, 0.29) is 0 Å². The molecule has 2 aromatic carbocycles. The zero-order valence-corrected chi connectivity index (χ0v) is 16.5. The van der Waals surface area contributed by atoms with Crippen molar-refractivity contribution in [1.29, 1.82) is 0 Å². The lowest BCUT2D eigenvalue weighted by Crippen LogP contribution is -2.39. The van der Waals surface area contributed by atoms with Crippen molar-refractivity contribution in [3.05, 3.63) is 82.9 Å². The van der Waals surface area contributed by atoms with Crippen LogP contribution in [0, 0.1) is 12.8 Å². The highest BCUT2D eigenvalue weighted by Crippen LogP contribution is 2.26. The number of alkyl halides is 3. The number of benzene rings is 2. The van der Waals surface area contributed by atoms with E-state index in [4.69, 9.17) is 0 Å². The third-order valence-corrected chi connectivity index (χ3v) is 4.91. The van der Waals surface area contributed by atoms with Crippen LogP contribution in [-0.4, -0.2) is 23.7 Å². The molecule has 2 amide bonds. The Morgan fingerprint density at radius 3 is 2.43 bits per heavy atom. The Hall–Kier alpha value is -3.22.